The Morgan fingerprint density at radius 3 is 2.54 bits per heavy atom. The number of nitrogens with two attached hydrogens (primary N) is 2. The SMILES string of the molecule is Cc1ccc([C@H]2CC[C@H](NC(=N)N)CC2)c(-c2nnn[nH]2)c1S(N)(=O)=O. The second-order valence-electron chi connectivity index (χ2n) is 6.58. The van der Waals surface area contributed by atoms with Crippen LogP contribution in [0.25, 0.3) is 11.4 Å². The van der Waals surface area contributed by atoms with Gasteiger partial charge in [-0.15, -0.1) is 5.10 Å². The van der Waals surface area contributed by atoms with Gasteiger partial charge in [-0.2, -0.15) is 0 Å². The Labute approximate surface area is 151 Å². The van der Waals surface area contributed by atoms with Gasteiger partial charge in [-0.25, -0.2) is 18.7 Å². The van der Waals surface area contributed by atoms with Crippen molar-refractivity contribution in [2.45, 2.75) is 49.5 Å². The van der Waals surface area contributed by atoms with Crippen LogP contribution in [0.3, 0.4) is 0 Å². The van der Waals surface area contributed by atoms with Gasteiger partial charge in [0.25, 0.3) is 0 Å². The first-order valence-corrected chi connectivity index (χ1v) is 9.83. The quantitative estimate of drug-likeness (QED) is 0.376. The van der Waals surface area contributed by atoms with Crippen LogP contribution < -0.4 is 16.2 Å². The zero-order valence-corrected chi connectivity index (χ0v) is 15.2. The number of primary sulfonamides is 1. The van der Waals surface area contributed by atoms with Gasteiger partial charge in [0.15, 0.2) is 11.8 Å². The van der Waals surface area contributed by atoms with E-state index in [0.717, 1.165) is 31.2 Å². The van der Waals surface area contributed by atoms with Crippen LogP contribution in [0.5, 0.6) is 0 Å². The summed E-state index contributed by atoms with van der Waals surface area (Å²) in [5, 5.41) is 29.5. The number of nitrogens with zero attached hydrogens (tertiary/aromatic N) is 3. The number of sulfonamides is 1. The van der Waals surface area contributed by atoms with Crippen molar-refractivity contribution >= 4 is 16.0 Å². The highest BCUT2D eigenvalue weighted by Gasteiger charge is 2.30. The van der Waals surface area contributed by atoms with Gasteiger partial charge < -0.3 is 11.1 Å². The zero-order chi connectivity index (χ0) is 18.9. The predicted molar refractivity (Wildman–Crippen MR) is 95.8 cm³/mol. The Morgan fingerprint density at radius 2 is 2.00 bits per heavy atom. The van der Waals surface area contributed by atoms with E-state index >= 15 is 0 Å². The van der Waals surface area contributed by atoms with Crippen molar-refractivity contribution in [2.75, 3.05) is 0 Å². The minimum atomic E-state index is -3.95. The van der Waals surface area contributed by atoms with Crippen molar-refractivity contribution in [1.82, 2.24) is 25.9 Å². The maximum Gasteiger partial charge on any atom is 0.239 e. The van der Waals surface area contributed by atoms with E-state index in [2.05, 4.69) is 25.9 Å². The number of guanidine groups is 1. The lowest BCUT2D eigenvalue weighted by atomic mass is 9.79. The largest absolute Gasteiger partial charge is 0.370 e. The molecule has 0 saturated heterocycles. The summed E-state index contributed by atoms with van der Waals surface area (Å²) in [4.78, 5) is 0.0533. The Morgan fingerprint density at radius 1 is 1.31 bits per heavy atom. The topological polar surface area (TPSA) is 177 Å². The number of aromatic nitrogens is 4. The van der Waals surface area contributed by atoms with Gasteiger partial charge in [-0.3, -0.25) is 5.41 Å². The maximum absolute atomic E-state index is 12.2. The molecule has 0 unspecified atom stereocenters. The molecule has 11 heteroatoms. The summed E-state index contributed by atoms with van der Waals surface area (Å²) in [6.07, 6.45) is 3.31. The Bertz CT molecular complexity index is 902. The molecule has 1 fully saturated rings. The van der Waals surface area contributed by atoms with E-state index < -0.39 is 10.0 Å². The fourth-order valence-electron chi connectivity index (χ4n) is 3.69. The Kier molecular flexibility index (Phi) is 4.92. The Balaban J connectivity index is 2.02. The van der Waals surface area contributed by atoms with E-state index in [9.17, 15) is 8.42 Å². The van der Waals surface area contributed by atoms with Crippen molar-refractivity contribution in [3.05, 3.63) is 23.3 Å². The molecule has 0 aliphatic heterocycles. The summed E-state index contributed by atoms with van der Waals surface area (Å²) < 4.78 is 24.5. The van der Waals surface area contributed by atoms with Crippen molar-refractivity contribution in [3.63, 3.8) is 0 Å². The molecule has 1 aliphatic rings. The maximum atomic E-state index is 12.2. The monoisotopic (exact) mass is 378 g/mol. The van der Waals surface area contributed by atoms with Crippen LogP contribution in [0.2, 0.25) is 0 Å². The number of tetrazole rings is 1. The molecule has 0 radical (unpaired) electrons. The molecule has 1 heterocycles. The van der Waals surface area contributed by atoms with Crippen molar-refractivity contribution in [2.24, 2.45) is 10.9 Å². The molecule has 1 saturated carbocycles. The molecule has 0 spiro atoms. The van der Waals surface area contributed by atoms with Crippen LogP contribution in [0.15, 0.2) is 17.0 Å². The van der Waals surface area contributed by atoms with E-state index in [-0.39, 0.29) is 28.6 Å². The number of aromatic amines is 1. The molecular weight excluding hydrogens is 356 g/mol. The van der Waals surface area contributed by atoms with Crippen molar-refractivity contribution in [3.8, 4) is 11.4 Å². The molecular formula is C15H22N8O2S. The molecule has 3 rings (SSSR count). The summed E-state index contributed by atoms with van der Waals surface area (Å²) in [5.41, 5.74) is 7.26. The third kappa shape index (κ3) is 3.68. The molecule has 10 nitrogen and oxygen atoms in total. The number of H-pyrrole nitrogens is 1. The first-order chi connectivity index (χ1) is 12.3. The molecule has 1 aliphatic carbocycles. The summed E-state index contributed by atoms with van der Waals surface area (Å²) in [6, 6.07) is 3.84. The normalized spacial score (nSPS) is 20.7. The van der Waals surface area contributed by atoms with Gasteiger partial charge in [-0.05, 0) is 60.1 Å². The molecule has 2 aromatic rings. The van der Waals surface area contributed by atoms with E-state index in [0.29, 0.717) is 11.1 Å². The predicted octanol–water partition coefficient (Wildman–Crippen LogP) is 0.332. The summed E-state index contributed by atoms with van der Waals surface area (Å²) >= 11 is 0. The molecule has 7 N–H and O–H groups in total. The van der Waals surface area contributed by atoms with E-state index in [1.165, 1.54) is 0 Å². The van der Waals surface area contributed by atoms with Gasteiger partial charge in [0, 0.05) is 11.6 Å². The third-order valence-corrected chi connectivity index (χ3v) is 5.88. The molecule has 0 bridgehead atoms. The van der Waals surface area contributed by atoms with Crippen LogP contribution in [0, 0.1) is 12.3 Å². The first kappa shape index (κ1) is 18.3. The van der Waals surface area contributed by atoms with Crippen LogP contribution in [-0.4, -0.2) is 41.0 Å². The highest BCUT2D eigenvalue weighted by atomic mass is 32.2. The second kappa shape index (κ2) is 7.00. The van der Waals surface area contributed by atoms with E-state index in [1.54, 1.807) is 13.0 Å². The highest BCUT2D eigenvalue weighted by molar-refractivity contribution is 7.89. The number of hydrogen-bond donors (Lipinski definition) is 5. The lowest BCUT2D eigenvalue weighted by molar-refractivity contribution is 0.372. The van der Waals surface area contributed by atoms with Gasteiger partial charge in [0.05, 0.1) is 4.90 Å². The molecule has 140 valence electrons. The standard InChI is InChI=1S/C15H22N8O2S/c1-8-2-7-11(9-3-5-10(6-4-9)19-15(16)17)12(13(8)26(18,24)25)14-20-22-23-21-14/h2,7,9-10H,3-6H2,1H3,(H4,16,17,19)(H2,18,24,25)(H,20,21,22,23)/t9-,10-. The average molecular weight is 378 g/mol. The fourth-order valence-corrected chi connectivity index (χ4v) is 4.70. The van der Waals surface area contributed by atoms with Gasteiger partial charge >= 0.3 is 0 Å². The molecule has 1 aromatic carbocycles. The number of nitrogens with one attached hydrogen (secondary N) is 3. The lowest BCUT2D eigenvalue weighted by Gasteiger charge is -2.31. The van der Waals surface area contributed by atoms with Gasteiger partial charge in [0.1, 0.15) is 0 Å². The Hall–Kier alpha value is -2.53. The molecule has 0 atom stereocenters. The van der Waals surface area contributed by atoms with Crippen LogP contribution in [0.1, 0.15) is 42.7 Å². The van der Waals surface area contributed by atoms with Crippen LogP contribution in [0.4, 0.5) is 0 Å². The first-order valence-electron chi connectivity index (χ1n) is 8.28. The van der Waals surface area contributed by atoms with Crippen LogP contribution in [-0.2, 0) is 10.0 Å². The number of aryl methyl sites for hydroxylation is 1. The van der Waals surface area contributed by atoms with Crippen LogP contribution >= 0.6 is 0 Å². The van der Waals surface area contributed by atoms with E-state index in [1.807, 2.05) is 6.07 Å². The minimum absolute atomic E-state index is 0.0336. The number of benzene rings is 1. The average Bonchev–Trinajstić information content (AvgIpc) is 3.08. The van der Waals surface area contributed by atoms with Gasteiger partial charge in [0.2, 0.25) is 10.0 Å². The zero-order valence-electron chi connectivity index (χ0n) is 14.4. The van der Waals surface area contributed by atoms with Crippen molar-refractivity contribution < 1.29 is 8.42 Å². The lowest BCUT2D eigenvalue weighted by Crippen LogP contribution is -2.41. The molecule has 1 aromatic heterocycles. The summed E-state index contributed by atoms with van der Waals surface area (Å²) in [7, 11) is -3.95. The fraction of sp³-hybridized carbons (Fsp3) is 0.467. The van der Waals surface area contributed by atoms with Gasteiger partial charge in [-0.1, -0.05) is 12.1 Å². The molecule has 0 amide bonds. The molecule has 26 heavy (non-hydrogen) atoms. The summed E-state index contributed by atoms with van der Waals surface area (Å²) in [5.74, 6) is 0.395. The third-order valence-electron chi connectivity index (χ3n) is 4.78. The highest BCUT2D eigenvalue weighted by Crippen LogP contribution is 2.40. The number of rotatable bonds is 4. The van der Waals surface area contributed by atoms with Crippen molar-refractivity contribution in [1.29, 1.82) is 5.41 Å². The second-order valence-corrected chi connectivity index (χ2v) is 8.08. The minimum Gasteiger partial charge on any atom is -0.370 e. The summed E-state index contributed by atoms with van der Waals surface area (Å²) in [6.45, 7) is 1.70. The van der Waals surface area contributed by atoms with E-state index in [4.69, 9.17) is 16.3 Å². The smallest absolute Gasteiger partial charge is 0.239 e. The number of hydrogen-bond acceptors (Lipinski definition) is 6.